The van der Waals surface area contributed by atoms with Gasteiger partial charge in [-0.05, 0) is 24.1 Å². The molecule has 0 radical (unpaired) electrons. The summed E-state index contributed by atoms with van der Waals surface area (Å²) in [5.74, 6) is -1.68. The number of carbonyl (C=O) groups excluding carboxylic acids is 2. The molecular formula is C20H24N2O5S. The zero-order chi connectivity index (χ0) is 20.4. The number of amides is 2. The minimum absolute atomic E-state index is 0.155. The van der Waals surface area contributed by atoms with Gasteiger partial charge in [0.15, 0.2) is 9.84 Å². The number of carbonyl (C=O) groups is 2. The maximum Gasteiger partial charge on any atom is 0.309 e. The molecule has 0 saturated heterocycles. The summed E-state index contributed by atoms with van der Waals surface area (Å²) >= 11 is 0. The van der Waals surface area contributed by atoms with Crippen LogP contribution in [0.5, 0.6) is 0 Å². The van der Waals surface area contributed by atoms with Crippen LogP contribution in [-0.4, -0.2) is 47.0 Å². The third-order valence-corrected chi connectivity index (χ3v) is 6.20. The monoisotopic (exact) mass is 404 g/mol. The van der Waals surface area contributed by atoms with Crippen molar-refractivity contribution < 1.29 is 22.7 Å². The molecule has 0 bridgehead atoms. The first kappa shape index (κ1) is 21.6. The van der Waals surface area contributed by atoms with Gasteiger partial charge in [-0.1, -0.05) is 48.5 Å². The Kier molecular flexibility index (Phi) is 8.16. The lowest BCUT2D eigenvalue weighted by atomic mass is 10.1. The van der Waals surface area contributed by atoms with Crippen LogP contribution in [0, 0.1) is 0 Å². The van der Waals surface area contributed by atoms with E-state index in [1.165, 1.54) is 12.1 Å². The molecule has 0 unspecified atom stereocenters. The minimum Gasteiger partial charge on any atom is -0.385 e. The van der Waals surface area contributed by atoms with Crippen LogP contribution in [0.3, 0.4) is 0 Å². The summed E-state index contributed by atoms with van der Waals surface area (Å²) in [5.41, 5.74) is 0.534. The van der Waals surface area contributed by atoms with E-state index in [1.807, 2.05) is 0 Å². The molecule has 0 spiro atoms. The second-order valence-corrected chi connectivity index (χ2v) is 8.20. The molecule has 2 N–H and O–H groups in total. The molecule has 2 amide bonds. The molecule has 0 aromatic heterocycles. The number of nitrogens with one attached hydrogen (secondary N) is 2. The van der Waals surface area contributed by atoms with Gasteiger partial charge in [0.2, 0.25) is 0 Å². The van der Waals surface area contributed by atoms with Gasteiger partial charge in [-0.15, -0.1) is 0 Å². The van der Waals surface area contributed by atoms with E-state index in [0.717, 1.165) is 0 Å². The number of hydrogen-bond donors (Lipinski definition) is 2. The minimum atomic E-state index is -3.76. The van der Waals surface area contributed by atoms with Crippen molar-refractivity contribution in [2.75, 3.05) is 26.8 Å². The molecule has 7 nitrogen and oxygen atoms in total. The zero-order valence-electron chi connectivity index (χ0n) is 15.6. The van der Waals surface area contributed by atoms with Gasteiger partial charge in [0.1, 0.15) is 5.25 Å². The highest BCUT2D eigenvalue weighted by Crippen LogP contribution is 2.28. The molecule has 0 aliphatic rings. The van der Waals surface area contributed by atoms with Gasteiger partial charge in [0.05, 0.1) is 4.90 Å². The zero-order valence-corrected chi connectivity index (χ0v) is 16.4. The fourth-order valence-corrected chi connectivity index (χ4v) is 4.30. The van der Waals surface area contributed by atoms with Crippen molar-refractivity contribution in [3.05, 3.63) is 66.2 Å². The standard InChI is InChI=1S/C20H24N2O5S/c1-27-14-8-13-21-19(23)20(24)22-15-18(16-9-4-2-5-10-16)28(25,26)17-11-6-3-7-12-17/h2-7,9-12,18H,8,13-15H2,1H3,(H,21,23)(H,22,24)/t18-/m0/s1. The summed E-state index contributed by atoms with van der Waals surface area (Å²) < 4.78 is 31.1. The molecule has 0 aliphatic heterocycles. The molecule has 0 fully saturated rings. The fraction of sp³-hybridized carbons (Fsp3) is 0.300. The summed E-state index contributed by atoms with van der Waals surface area (Å²) in [7, 11) is -2.22. The lowest BCUT2D eigenvalue weighted by Crippen LogP contribution is -2.42. The van der Waals surface area contributed by atoms with Crippen LogP contribution in [0.4, 0.5) is 0 Å². The van der Waals surface area contributed by atoms with E-state index in [0.29, 0.717) is 25.1 Å². The van der Waals surface area contributed by atoms with Gasteiger partial charge in [0.25, 0.3) is 0 Å². The lowest BCUT2D eigenvalue weighted by molar-refractivity contribution is -0.139. The first-order valence-electron chi connectivity index (χ1n) is 8.85. The maximum atomic E-state index is 13.1. The Morgan fingerprint density at radius 3 is 2.11 bits per heavy atom. The predicted molar refractivity (Wildman–Crippen MR) is 105 cm³/mol. The van der Waals surface area contributed by atoms with Crippen molar-refractivity contribution >= 4 is 21.7 Å². The molecule has 1 atom stereocenters. The Morgan fingerprint density at radius 1 is 0.929 bits per heavy atom. The van der Waals surface area contributed by atoms with Crippen LogP contribution in [0.15, 0.2) is 65.6 Å². The van der Waals surface area contributed by atoms with Crippen LogP contribution < -0.4 is 10.6 Å². The third kappa shape index (κ3) is 5.90. The van der Waals surface area contributed by atoms with Crippen molar-refractivity contribution in [2.45, 2.75) is 16.6 Å². The Hall–Kier alpha value is -2.71. The van der Waals surface area contributed by atoms with Crippen molar-refractivity contribution in [2.24, 2.45) is 0 Å². The molecule has 150 valence electrons. The Bertz CT molecular complexity index is 870. The van der Waals surface area contributed by atoms with Crippen molar-refractivity contribution in [1.82, 2.24) is 10.6 Å². The SMILES string of the molecule is COCCCNC(=O)C(=O)NC[C@@H](c1ccccc1)S(=O)(=O)c1ccccc1. The van der Waals surface area contributed by atoms with Crippen LogP contribution in [-0.2, 0) is 24.2 Å². The Labute approximate surface area is 165 Å². The Morgan fingerprint density at radius 2 is 1.50 bits per heavy atom. The number of benzene rings is 2. The highest BCUT2D eigenvalue weighted by atomic mass is 32.2. The number of hydrogen-bond acceptors (Lipinski definition) is 5. The first-order chi connectivity index (χ1) is 13.5. The summed E-state index contributed by atoms with van der Waals surface area (Å²) in [4.78, 5) is 24.1. The second-order valence-electron chi connectivity index (χ2n) is 6.07. The van der Waals surface area contributed by atoms with Gasteiger partial charge in [-0.2, -0.15) is 0 Å². The largest absolute Gasteiger partial charge is 0.385 e. The van der Waals surface area contributed by atoms with Crippen molar-refractivity contribution in [1.29, 1.82) is 0 Å². The molecular weight excluding hydrogens is 380 g/mol. The topological polar surface area (TPSA) is 102 Å². The normalized spacial score (nSPS) is 12.2. The van der Waals surface area contributed by atoms with Gasteiger partial charge < -0.3 is 15.4 Å². The van der Waals surface area contributed by atoms with Crippen LogP contribution in [0.1, 0.15) is 17.2 Å². The van der Waals surface area contributed by atoms with E-state index in [4.69, 9.17) is 4.74 Å². The second kappa shape index (κ2) is 10.6. The maximum absolute atomic E-state index is 13.1. The molecule has 2 aromatic carbocycles. The van der Waals surface area contributed by atoms with E-state index in [2.05, 4.69) is 10.6 Å². The van der Waals surface area contributed by atoms with E-state index >= 15 is 0 Å². The number of methoxy groups -OCH3 is 1. The average molecular weight is 404 g/mol. The number of ether oxygens (including phenoxy) is 1. The van der Waals surface area contributed by atoms with Crippen LogP contribution in [0.25, 0.3) is 0 Å². The summed E-state index contributed by atoms with van der Waals surface area (Å²) in [6, 6.07) is 16.6. The molecule has 0 heterocycles. The number of sulfone groups is 1. The fourth-order valence-electron chi connectivity index (χ4n) is 2.61. The van der Waals surface area contributed by atoms with Gasteiger partial charge in [-0.25, -0.2) is 8.42 Å². The van der Waals surface area contributed by atoms with Crippen LogP contribution in [0.2, 0.25) is 0 Å². The highest BCUT2D eigenvalue weighted by molar-refractivity contribution is 7.91. The quantitative estimate of drug-likeness (QED) is 0.487. The molecule has 0 aliphatic carbocycles. The average Bonchev–Trinajstić information content (AvgIpc) is 2.72. The smallest absolute Gasteiger partial charge is 0.309 e. The van der Waals surface area contributed by atoms with Crippen molar-refractivity contribution in [3.8, 4) is 0 Å². The van der Waals surface area contributed by atoms with Gasteiger partial charge >= 0.3 is 11.8 Å². The summed E-state index contributed by atoms with van der Waals surface area (Å²) in [6.45, 7) is 0.545. The van der Waals surface area contributed by atoms with Crippen molar-refractivity contribution in [3.63, 3.8) is 0 Å². The lowest BCUT2D eigenvalue weighted by Gasteiger charge is -2.19. The molecule has 8 heteroatoms. The third-order valence-electron chi connectivity index (χ3n) is 4.08. The molecule has 2 aromatic rings. The van der Waals surface area contributed by atoms with E-state index in [9.17, 15) is 18.0 Å². The molecule has 2 rings (SSSR count). The first-order valence-corrected chi connectivity index (χ1v) is 10.4. The summed E-state index contributed by atoms with van der Waals surface area (Å²) in [6.07, 6.45) is 0.574. The van der Waals surface area contributed by atoms with Crippen LogP contribution >= 0.6 is 0 Å². The van der Waals surface area contributed by atoms with E-state index in [-0.39, 0.29) is 11.4 Å². The molecule has 0 saturated carbocycles. The highest BCUT2D eigenvalue weighted by Gasteiger charge is 2.30. The summed E-state index contributed by atoms with van der Waals surface area (Å²) in [5, 5.41) is 3.89. The van der Waals surface area contributed by atoms with Gasteiger partial charge in [-0.3, -0.25) is 9.59 Å². The van der Waals surface area contributed by atoms with E-state index < -0.39 is 26.9 Å². The number of rotatable bonds is 9. The van der Waals surface area contributed by atoms with Gasteiger partial charge in [0, 0.05) is 26.8 Å². The van der Waals surface area contributed by atoms with E-state index in [1.54, 1.807) is 55.6 Å². The Balaban J connectivity index is 2.12. The predicted octanol–water partition coefficient (Wildman–Crippen LogP) is 1.47. The molecule has 28 heavy (non-hydrogen) atoms.